The van der Waals surface area contributed by atoms with Crippen LogP contribution in [-0.2, 0) is 4.74 Å². The number of ether oxygens (including phenoxy) is 2. The fraction of sp³-hybridized carbons (Fsp3) is 0.375. The SMILES string of the molecule is COc1ccc2[nH]c3c(NCC4CCCO4)ncnc3c2c1. The summed E-state index contributed by atoms with van der Waals surface area (Å²) < 4.78 is 10.9. The largest absolute Gasteiger partial charge is 0.497 e. The van der Waals surface area contributed by atoms with Crippen LogP contribution in [0, 0.1) is 0 Å². The molecular formula is C16H18N4O2. The molecule has 0 radical (unpaired) electrons. The van der Waals surface area contributed by atoms with Crippen molar-refractivity contribution in [1.82, 2.24) is 15.0 Å². The van der Waals surface area contributed by atoms with E-state index in [9.17, 15) is 0 Å². The number of rotatable bonds is 4. The van der Waals surface area contributed by atoms with Crippen molar-refractivity contribution in [3.63, 3.8) is 0 Å². The van der Waals surface area contributed by atoms with Gasteiger partial charge in [-0.3, -0.25) is 0 Å². The Bertz CT molecular complexity index is 808. The summed E-state index contributed by atoms with van der Waals surface area (Å²) in [4.78, 5) is 12.2. The maximum atomic E-state index is 5.64. The third-order valence-electron chi connectivity index (χ3n) is 4.11. The Morgan fingerprint density at radius 1 is 1.41 bits per heavy atom. The molecule has 22 heavy (non-hydrogen) atoms. The monoisotopic (exact) mass is 298 g/mol. The van der Waals surface area contributed by atoms with Gasteiger partial charge in [0.05, 0.1) is 13.2 Å². The van der Waals surface area contributed by atoms with Crippen molar-refractivity contribution in [2.24, 2.45) is 0 Å². The lowest BCUT2D eigenvalue weighted by atomic mass is 10.2. The van der Waals surface area contributed by atoms with Crippen molar-refractivity contribution in [2.45, 2.75) is 18.9 Å². The smallest absolute Gasteiger partial charge is 0.153 e. The van der Waals surface area contributed by atoms with Gasteiger partial charge in [0.25, 0.3) is 0 Å². The zero-order chi connectivity index (χ0) is 14.9. The van der Waals surface area contributed by atoms with Gasteiger partial charge in [-0.15, -0.1) is 0 Å². The number of benzene rings is 1. The molecule has 6 nitrogen and oxygen atoms in total. The van der Waals surface area contributed by atoms with Crippen molar-refractivity contribution in [3.8, 4) is 5.75 Å². The molecule has 0 spiro atoms. The first kappa shape index (κ1) is 13.3. The number of nitrogens with zero attached hydrogens (tertiary/aromatic N) is 2. The second-order valence-corrected chi connectivity index (χ2v) is 5.50. The van der Waals surface area contributed by atoms with Crippen molar-refractivity contribution < 1.29 is 9.47 Å². The molecule has 0 saturated carbocycles. The van der Waals surface area contributed by atoms with Crippen molar-refractivity contribution in [2.75, 3.05) is 25.6 Å². The molecule has 1 aromatic carbocycles. The molecule has 0 aliphatic carbocycles. The highest BCUT2D eigenvalue weighted by atomic mass is 16.5. The van der Waals surface area contributed by atoms with Gasteiger partial charge in [-0.1, -0.05) is 0 Å². The van der Waals surface area contributed by atoms with E-state index in [1.54, 1.807) is 13.4 Å². The van der Waals surface area contributed by atoms with Crippen LogP contribution in [0.1, 0.15) is 12.8 Å². The Morgan fingerprint density at radius 2 is 2.36 bits per heavy atom. The molecule has 1 fully saturated rings. The standard InChI is InChI=1S/C16H18N4O2/c1-21-10-4-5-13-12(7-10)14-15(20-13)16(19-9-18-14)17-8-11-3-2-6-22-11/h4-5,7,9,11,20H,2-3,6,8H2,1H3,(H,17,18,19). The van der Waals surface area contributed by atoms with Gasteiger partial charge in [-0.25, -0.2) is 9.97 Å². The van der Waals surface area contributed by atoms with Gasteiger partial charge >= 0.3 is 0 Å². The predicted molar refractivity (Wildman–Crippen MR) is 85.4 cm³/mol. The van der Waals surface area contributed by atoms with E-state index in [1.165, 1.54) is 0 Å². The molecule has 1 aliphatic rings. The first-order valence-corrected chi connectivity index (χ1v) is 7.51. The minimum atomic E-state index is 0.273. The second-order valence-electron chi connectivity index (χ2n) is 5.50. The van der Waals surface area contributed by atoms with Gasteiger partial charge in [-0.2, -0.15) is 0 Å². The van der Waals surface area contributed by atoms with Crippen molar-refractivity contribution >= 4 is 27.8 Å². The molecule has 6 heteroatoms. The van der Waals surface area contributed by atoms with E-state index >= 15 is 0 Å². The van der Waals surface area contributed by atoms with Crippen LogP contribution in [0.2, 0.25) is 0 Å². The molecule has 1 atom stereocenters. The molecule has 0 bridgehead atoms. The maximum absolute atomic E-state index is 5.64. The van der Waals surface area contributed by atoms with Crippen LogP contribution in [0.3, 0.4) is 0 Å². The van der Waals surface area contributed by atoms with E-state index in [0.29, 0.717) is 0 Å². The van der Waals surface area contributed by atoms with E-state index < -0.39 is 0 Å². The van der Waals surface area contributed by atoms with Gasteiger partial charge in [0, 0.05) is 24.1 Å². The van der Waals surface area contributed by atoms with Crippen LogP contribution in [0.15, 0.2) is 24.5 Å². The van der Waals surface area contributed by atoms with Gasteiger partial charge in [0.1, 0.15) is 23.1 Å². The number of aromatic nitrogens is 3. The Balaban J connectivity index is 1.72. The summed E-state index contributed by atoms with van der Waals surface area (Å²) in [7, 11) is 1.67. The third kappa shape index (κ3) is 2.25. The lowest BCUT2D eigenvalue weighted by Crippen LogP contribution is -2.19. The highest BCUT2D eigenvalue weighted by molar-refractivity contribution is 6.08. The highest BCUT2D eigenvalue weighted by Gasteiger charge is 2.17. The van der Waals surface area contributed by atoms with Crippen LogP contribution < -0.4 is 10.1 Å². The summed E-state index contributed by atoms with van der Waals surface area (Å²) in [6.45, 7) is 1.63. The van der Waals surface area contributed by atoms with E-state index in [0.717, 1.165) is 59.5 Å². The van der Waals surface area contributed by atoms with Gasteiger partial charge in [0.2, 0.25) is 0 Å². The number of anilines is 1. The molecule has 1 aliphatic heterocycles. The second kappa shape index (κ2) is 5.46. The van der Waals surface area contributed by atoms with Gasteiger partial charge in [0.15, 0.2) is 5.82 Å². The number of aromatic amines is 1. The molecule has 2 aromatic heterocycles. The molecule has 1 unspecified atom stereocenters. The number of hydrogen-bond acceptors (Lipinski definition) is 5. The minimum absolute atomic E-state index is 0.273. The highest BCUT2D eigenvalue weighted by Crippen LogP contribution is 2.30. The number of fused-ring (bicyclic) bond motifs is 3. The summed E-state index contributed by atoms with van der Waals surface area (Å²) in [5.41, 5.74) is 2.85. The van der Waals surface area contributed by atoms with Crippen LogP contribution in [0.25, 0.3) is 21.9 Å². The van der Waals surface area contributed by atoms with Crippen molar-refractivity contribution in [3.05, 3.63) is 24.5 Å². The van der Waals surface area contributed by atoms with Crippen LogP contribution in [0.4, 0.5) is 5.82 Å². The molecule has 114 valence electrons. The number of methoxy groups -OCH3 is 1. The summed E-state index contributed by atoms with van der Waals surface area (Å²) in [5.74, 6) is 1.64. The molecule has 2 N–H and O–H groups in total. The first-order chi connectivity index (χ1) is 10.8. The summed E-state index contributed by atoms with van der Waals surface area (Å²) in [5, 5.41) is 4.42. The Kier molecular flexibility index (Phi) is 3.31. The molecule has 0 amide bonds. The summed E-state index contributed by atoms with van der Waals surface area (Å²) >= 11 is 0. The average molecular weight is 298 g/mol. The summed E-state index contributed by atoms with van der Waals surface area (Å²) in [6.07, 6.45) is 4.10. The molecule has 4 rings (SSSR count). The summed E-state index contributed by atoms with van der Waals surface area (Å²) in [6, 6.07) is 5.93. The minimum Gasteiger partial charge on any atom is -0.497 e. The number of H-pyrrole nitrogens is 1. The lowest BCUT2D eigenvalue weighted by molar-refractivity contribution is 0.120. The first-order valence-electron chi connectivity index (χ1n) is 7.51. The molecular weight excluding hydrogens is 280 g/mol. The van der Waals surface area contributed by atoms with E-state index in [1.807, 2.05) is 18.2 Å². The Labute approximate surface area is 127 Å². The molecule has 3 heterocycles. The van der Waals surface area contributed by atoms with E-state index in [-0.39, 0.29) is 6.10 Å². The molecule has 1 saturated heterocycles. The normalized spacial score (nSPS) is 18.1. The van der Waals surface area contributed by atoms with E-state index in [2.05, 4.69) is 20.3 Å². The fourth-order valence-electron chi connectivity index (χ4n) is 2.95. The van der Waals surface area contributed by atoms with Crippen LogP contribution in [-0.4, -0.2) is 41.3 Å². The van der Waals surface area contributed by atoms with Gasteiger partial charge in [-0.05, 0) is 31.0 Å². The third-order valence-corrected chi connectivity index (χ3v) is 4.11. The Morgan fingerprint density at radius 3 is 3.18 bits per heavy atom. The Hall–Kier alpha value is -2.34. The van der Waals surface area contributed by atoms with Crippen molar-refractivity contribution in [1.29, 1.82) is 0 Å². The fourth-order valence-corrected chi connectivity index (χ4v) is 2.95. The quantitative estimate of drug-likeness (QED) is 0.775. The lowest BCUT2D eigenvalue weighted by Gasteiger charge is -2.11. The topological polar surface area (TPSA) is 72.1 Å². The van der Waals surface area contributed by atoms with Crippen LogP contribution >= 0.6 is 0 Å². The average Bonchev–Trinajstić information content (AvgIpc) is 3.19. The van der Waals surface area contributed by atoms with E-state index in [4.69, 9.17) is 9.47 Å². The van der Waals surface area contributed by atoms with Gasteiger partial charge < -0.3 is 19.8 Å². The number of nitrogens with one attached hydrogen (secondary N) is 2. The predicted octanol–water partition coefficient (Wildman–Crippen LogP) is 2.71. The zero-order valence-electron chi connectivity index (χ0n) is 12.4. The van der Waals surface area contributed by atoms with Crippen LogP contribution in [0.5, 0.6) is 5.75 Å². The maximum Gasteiger partial charge on any atom is 0.153 e. The molecule has 3 aromatic rings. The zero-order valence-corrected chi connectivity index (χ0v) is 12.4. The number of hydrogen-bond donors (Lipinski definition) is 2.